The standard InChI is InChI=1S/C20H30O4/c21-17-11-9-16(10-12-17)15-7-5-14(6-8-15)13-24-20(23)18-3-1-2-4-19(18)22/h14-16,18H,1-13H2. The molecule has 0 radical (unpaired) electrons. The molecule has 3 rings (SSSR count). The number of rotatable bonds is 4. The van der Waals surface area contributed by atoms with E-state index in [0.29, 0.717) is 31.1 Å². The van der Waals surface area contributed by atoms with Crippen LogP contribution < -0.4 is 0 Å². The van der Waals surface area contributed by atoms with Crippen LogP contribution in [0.15, 0.2) is 0 Å². The van der Waals surface area contributed by atoms with Gasteiger partial charge >= 0.3 is 5.97 Å². The second-order valence-electron chi connectivity index (χ2n) is 8.05. The van der Waals surface area contributed by atoms with Crippen LogP contribution in [-0.2, 0) is 19.1 Å². The number of ether oxygens (including phenoxy) is 1. The molecule has 0 saturated heterocycles. The van der Waals surface area contributed by atoms with Crippen molar-refractivity contribution in [3.8, 4) is 0 Å². The molecule has 1 atom stereocenters. The fourth-order valence-corrected chi connectivity index (χ4v) is 4.79. The summed E-state index contributed by atoms with van der Waals surface area (Å²) in [6, 6.07) is 0. The summed E-state index contributed by atoms with van der Waals surface area (Å²) in [5, 5.41) is 0. The highest BCUT2D eigenvalue weighted by Crippen LogP contribution is 2.39. The zero-order chi connectivity index (χ0) is 16.9. The number of carbonyl (C=O) groups is 3. The predicted molar refractivity (Wildman–Crippen MR) is 90.3 cm³/mol. The Labute approximate surface area is 144 Å². The fourth-order valence-electron chi connectivity index (χ4n) is 4.79. The van der Waals surface area contributed by atoms with Gasteiger partial charge in [0.2, 0.25) is 0 Å². The van der Waals surface area contributed by atoms with E-state index in [0.717, 1.165) is 63.2 Å². The maximum absolute atomic E-state index is 12.1. The first-order valence-electron chi connectivity index (χ1n) is 9.84. The molecule has 0 bridgehead atoms. The Morgan fingerprint density at radius 3 is 2.17 bits per heavy atom. The molecule has 4 nitrogen and oxygen atoms in total. The molecule has 3 aliphatic carbocycles. The van der Waals surface area contributed by atoms with E-state index in [1.807, 2.05) is 0 Å². The molecule has 0 N–H and O–H groups in total. The lowest BCUT2D eigenvalue weighted by Gasteiger charge is -2.35. The highest BCUT2D eigenvalue weighted by Gasteiger charge is 2.33. The Hall–Kier alpha value is -1.19. The largest absolute Gasteiger partial charge is 0.465 e. The van der Waals surface area contributed by atoms with Crippen LogP contribution in [0.2, 0.25) is 0 Å². The monoisotopic (exact) mass is 334 g/mol. The lowest BCUT2D eigenvalue weighted by atomic mass is 9.71. The van der Waals surface area contributed by atoms with Crippen molar-refractivity contribution >= 4 is 17.5 Å². The van der Waals surface area contributed by atoms with E-state index in [9.17, 15) is 14.4 Å². The number of ketones is 2. The third kappa shape index (κ3) is 4.46. The maximum atomic E-state index is 12.1. The summed E-state index contributed by atoms with van der Waals surface area (Å²) in [7, 11) is 0. The Kier molecular flexibility index (Phi) is 6.07. The number of carbonyl (C=O) groups excluding carboxylic acids is 3. The zero-order valence-electron chi connectivity index (χ0n) is 14.6. The van der Waals surface area contributed by atoms with Crippen molar-refractivity contribution in [3.63, 3.8) is 0 Å². The van der Waals surface area contributed by atoms with E-state index in [-0.39, 0.29) is 11.8 Å². The third-order valence-electron chi connectivity index (χ3n) is 6.45. The average molecular weight is 334 g/mol. The maximum Gasteiger partial charge on any atom is 0.316 e. The predicted octanol–water partition coefficient (Wildman–Crippen LogP) is 3.85. The van der Waals surface area contributed by atoms with Crippen LogP contribution in [-0.4, -0.2) is 24.1 Å². The Bertz CT molecular complexity index is 466. The first-order valence-corrected chi connectivity index (χ1v) is 9.84. The summed E-state index contributed by atoms with van der Waals surface area (Å²) >= 11 is 0. The van der Waals surface area contributed by atoms with Gasteiger partial charge in [0.1, 0.15) is 17.5 Å². The van der Waals surface area contributed by atoms with Gasteiger partial charge in [0.25, 0.3) is 0 Å². The second kappa shape index (κ2) is 8.26. The number of Topliss-reactive ketones (excluding diaryl/α,β-unsaturated/α-hetero) is 2. The topological polar surface area (TPSA) is 60.4 Å². The van der Waals surface area contributed by atoms with Crippen LogP contribution in [0, 0.1) is 23.7 Å². The van der Waals surface area contributed by atoms with Gasteiger partial charge in [-0.3, -0.25) is 14.4 Å². The number of hydrogen-bond acceptors (Lipinski definition) is 4. The SMILES string of the molecule is O=C1CCC(C2CCC(COC(=O)C3CCCCC3=O)CC2)CC1. The molecule has 0 amide bonds. The Balaban J connectivity index is 1.37. The zero-order valence-corrected chi connectivity index (χ0v) is 14.6. The number of hydrogen-bond donors (Lipinski definition) is 0. The molecular weight excluding hydrogens is 304 g/mol. The minimum absolute atomic E-state index is 0.0711. The van der Waals surface area contributed by atoms with Crippen LogP contribution in [0.1, 0.15) is 77.0 Å². The highest BCUT2D eigenvalue weighted by atomic mass is 16.5. The molecule has 0 aliphatic heterocycles. The van der Waals surface area contributed by atoms with Gasteiger partial charge in [0.05, 0.1) is 6.61 Å². The van der Waals surface area contributed by atoms with E-state index >= 15 is 0 Å². The smallest absolute Gasteiger partial charge is 0.316 e. The van der Waals surface area contributed by atoms with Crippen molar-refractivity contribution in [2.75, 3.05) is 6.61 Å². The molecule has 0 aromatic carbocycles. The Morgan fingerprint density at radius 1 is 0.833 bits per heavy atom. The molecule has 3 aliphatic rings. The molecule has 24 heavy (non-hydrogen) atoms. The summed E-state index contributed by atoms with van der Waals surface area (Å²) in [6.07, 6.45) is 11.4. The molecular formula is C20H30O4. The van der Waals surface area contributed by atoms with Gasteiger partial charge in [-0.2, -0.15) is 0 Å². The van der Waals surface area contributed by atoms with Gasteiger partial charge in [-0.25, -0.2) is 0 Å². The van der Waals surface area contributed by atoms with Crippen molar-refractivity contribution in [1.29, 1.82) is 0 Å². The van der Waals surface area contributed by atoms with E-state index in [4.69, 9.17) is 4.74 Å². The molecule has 134 valence electrons. The van der Waals surface area contributed by atoms with Gasteiger partial charge in [0, 0.05) is 19.3 Å². The van der Waals surface area contributed by atoms with E-state index in [1.165, 1.54) is 12.8 Å². The van der Waals surface area contributed by atoms with Gasteiger partial charge in [0.15, 0.2) is 0 Å². The van der Waals surface area contributed by atoms with Crippen LogP contribution in [0.25, 0.3) is 0 Å². The molecule has 0 spiro atoms. The molecule has 1 unspecified atom stereocenters. The van der Waals surface area contributed by atoms with Crippen molar-refractivity contribution in [3.05, 3.63) is 0 Å². The minimum Gasteiger partial charge on any atom is -0.465 e. The van der Waals surface area contributed by atoms with Crippen molar-refractivity contribution in [2.24, 2.45) is 23.7 Å². The van der Waals surface area contributed by atoms with Crippen LogP contribution in [0.5, 0.6) is 0 Å². The van der Waals surface area contributed by atoms with Crippen molar-refractivity contribution < 1.29 is 19.1 Å². The summed E-state index contributed by atoms with van der Waals surface area (Å²) in [5.74, 6) is 1.67. The summed E-state index contributed by atoms with van der Waals surface area (Å²) in [6.45, 7) is 0.485. The van der Waals surface area contributed by atoms with Gasteiger partial charge in [-0.05, 0) is 69.1 Å². The third-order valence-corrected chi connectivity index (χ3v) is 6.45. The minimum atomic E-state index is -0.491. The average Bonchev–Trinajstić information content (AvgIpc) is 2.61. The molecule has 3 fully saturated rings. The lowest BCUT2D eigenvalue weighted by Crippen LogP contribution is -2.31. The van der Waals surface area contributed by atoms with Gasteiger partial charge < -0.3 is 4.74 Å². The molecule has 0 aromatic rings. The second-order valence-corrected chi connectivity index (χ2v) is 8.05. The Morgan fingerprint density at radius 2 is 1.50 bits per heavy atom. The van der Waals surface area contributed by atoms with Gasteiger partial charge in [-0.15, -0.1) is 0 Å². The van der Waals surface area contributed by atoms with Crippen molar-refractivity contribution in [1.82, 2.24) is 0 Å². The first kappa shape index (κ1) is 17.6. The normalized spacial score (nSPS) is 32.6. The fraction of sp³-hybridized carbons (Fsp3) is 0.850. The molecule has 4 heteroatoms. The summed E-state index contributed by atoms with van der Waals surface area (Å²) in [5.41, 5.74) is 0. The summed E-state index contributed by atoms with van der Waals surface area (Å²) in [4.78, 5) is 35.3. The molecule has 0 aromatic heterocycles. The molecule has 3 saturated carbocycles. The molecule has 0 heterocycles. The highest BCUT2D eigenvalue weighted by molar-refractivity contribution is 5.99. The quantitative estimate of drug-likeness (QED) is 0.579. The van der Waals surface area contributed by atoms with E-state index in [2.05, 4.69) is 0 Å². The van der Waals surface area contributed by atoms with Crippen LogP contribution in [0.4, 0.5) is 0 Å². The van der Waals surface area contributed by atoms with Crippen LogP contribution in [0.3, 0.4) is 0 Å². The van der Waals surface area contributed by atoms with E-state index < -0.39 is 5.92 Å². The van der Waals surface area contributed by atoms with Crippen molar-refractivity contribution in [2.45, 2.75) is 77.0 Å². The lowest BCUT2D eigenvalue weighted by molar-refractivity contribution is -0.154. The van der Waals surface area contributed by atoms with Gasteiger partial charge in [-0.1, -0.05) is 6.42 Å². The first-order chi connectivity index (χ1) is 11.6. The van der Waals surface area contributed by atoms with Crippen LogP contribution >= 0.6 is 0 Å². The summed E-state index contributed by atoms with van der Waals surface area (Å²) < 4.78 is 5.48. The van der Waals surface area contributed by atoms with E-state index in [1.54, 1.807) is 0 Å². The number of esters is 1.